The molecule has 3 N–H and O–H groups in total. The molecule has 0 bridgehead atoms. The lowest BCUT2D eigenvalue weighted by Gasteiger charge is -2.30. The Hall–Kier alpha value is -2.83. The summed E-state index contributed by atoms with van der Waals surface area (Å²) in [6.07, 6.45) is 2.15. The van der Waals surface area contributed by atoms with Crippen LogP contribution in [0.2, 0.25) is 0 Å². The predicted molar refractivity (Wildman–Crippen MR) is 109 cm³/mol. The monoisotopic (exact) mass is 437 g/mol. The molecule has 0 spiro atoms. The molecule has 0 radical (unpaired) electrons. The average molecular weight is 438 g/mol. The van der Waals surface area contributed by atoms with E-state index in [1.165, 1.54) is 34.0 Å². The third kappa shape index (κ3) is 4.78. The third-order valence-electron chi connectivity index (χ3n) is 4.57. The van der Waals surface area contributed by atoms with E-state index < -0.39 is 20.9 Å². The molecule has 1 aliphatic rings. The van der Waals surface area contributed by atoms with Gasteiger partial charge in [-0.25, -0.2) is 8.42 Å². The highest BCUT2D eigenvalue weighted by Crippen LogP contribution is 2.31. The molecule has 0 atom stereocenters. The van der Waals surface area contributed by atoms with Crippen molar-refractivity contribution in [2.75, 3.05) is 18.5 Å². The molecule has 3 rings (SSSR count). The number of nitro groups is 1. The van der Waals surface area contributed by atoms with Gasteiger partial charge >= 0.3 is 0 Å². The quantitative estimate of drug-likeness (QED) is 0.384. The highest BCUT2D eigenvalue weighted by Gasteiger charge is 2.33. The summed E-state index contributed by atoms with van der Waals surface area (Å²) in [6, 6.07) is 7.22. The van der Waals surface area contributed by atoms with Crippen molar-refractivity contribution in [3.05, 3.63) is 50.7 Å². The van der Waals surface area contributed by atoms with Crippen molar-refractivity contribution in [3.8, 4) is 0 Å². The molecule has 0 saturated carbocycles. The summed E-state index contributed by atoms with van der Waals surface area (Å²) in [5.74, 6) is -0.831. The molecule has 1 aromatic carbocycles. The zero-order valence-corrected chi connectivity index (χ0v) is 16.9. The predicted octanol–water partition coefficient (Wildman–Crippen LogP) is 1.99. The zero-order chi connectivity index (χ0) is 21.0. The number of amides is 1. The van der Waals surface area contributed by atoms with Gasteiger partial charge in [0.25, 0.3) is 5.69 Å². The first kappa shape index (κ1) is 20.9. The van der Waals surface area contributed by atoms with Crippen molar-refractivity contribution in [1.29, 1.82) is 0 Å². The first-order valence-electron chi connectivity index (χ1n) is 8.69. The minimum Gasteiger partial charge on any atom is -0.369 e. The Kier molecular flexibility index (Phi) is 6.25. The normalized spacial score (nSPS) is 16.1. The fraction of sp³-hybridized carbons (Fsp3) is 0.294. The molecule has 10 nitrogen and oxygen atoms in total. The van der Waals surface area contributed by atoms with E-state index >= 15 is 0 Å². The largest absolute Gasteiger partial charge is 0.369 e. The number of piperidine rings is 1. The van der Waals surface area contributed by atoms with Crippen LogP contribution in [0.25, 0.3) is 0 Å². The molecule has 154 valence electrons. The SMILES string of the molecule is NC(=O)C1CCN(S(=O)(=O)c2cc([N+](=O)[O-])ccc2N/N=C\c2cccs2)CC1. The number of rotatable bonds is 7. The fourth-order valence-electron chi connectivity index (χ4n) is 2.98. The number of nitrogens with two attached hydrogens (primary N) is 1. The van der Waals surface area contributed by atoms with E-state index in [-0.39, 0.29) is 35.3 Å². The second kappa shape index (κ2) is 8.68. The summed E-state index contributed by atoms with van der Waals surface area (Å²) in [6.45, 7) is 0.215. The lowest BCUT2D eigenvalue weighted by Crippen LogP contribution is -2.41. The van der Waals surface area contributed by atoms with Crippen LogP contribution in [0, 0.1) is 16.0 Å². The molecular formula is C17H19N5O5S2. The molecule has 1 aliphatic heterocycles. The maximum atomic E-state index is 13.1. The summed E-state index contributed by atoms with van der Waals surface area (Å²) in [5.41, 5.74) is 7.74. The molecule has 0 aliphatic carbocycles. The van der Waals surface area contributed by atoms with Gasteiger partial charge in [-0.05, 0) is 30.4 Å². The third-order valence-corrected chi connectivity index (χ3v) is 7.32. The maximum absolute atomic E-state index is 13.1. The van der Waals surface area contributed by atoms with E-state index in [0.29, 0.717) is 12.8 Å². The van der Waals surface area contributed by atoms with E-state index in [4.69, 9.17) is 5.73 Å². The summed E-state index contributed by atoms with van der Waals surface area (Å²) in [4.78, 5) is 22.4. The Bertz CT molecular complexity index is 1030. The number of nitrogens with one attached hydrogen (secondary N) is 1. The van der Waals surface area contributed by atoms with Crippen LogP contribution in [-0.2, 0) is 14.8 Å². The smallest absolute Gasteiger partial charge is 0.270 e. The van der Waals surface area contributed by atoms with Gasteiger partial charge in [-0.1, -0.05) is 6.07 Å². The van der Waals surface area contributed by atoms with Crippen molar-refractivity contribution < 1.29 is 18.1 Å². The number of hydrogen-bond donors (Lipinski definition) is 2. The molecule has 12 heteroatoms. The van der Waals surface area contributed by atoms with Crippen LogP contribution in [0.3, 0.4) is 0 Å². The van der Waals surface area contributed by atoms with Gasteiger partial charge in [-0.2, -0.15) is 9.41 Å². The lowest BCUT2D eigenvalue weighted by molar-refractivity contribution is -0.385. The van der Waals surface area contributed by atoms with Gasteiger partial charge in [0.05, 0.1) is 16.8 Å². The van der Waals surface area contributed by atoms with Gasteiger partial charge in [0.2, 0.25) is 15.9 Å². The van der Waals surface area contributed by atoms with Crippen LogP contribution in [0.5, 0.6) is 0 Å². The number of hydrogen-bond acceptors (Lipinski definition) is 8. The van der Waals surface area contributed by atoms with E-state index in [2.05, 4.69) is 10.5 Å². The first-order valence-corrected chi connectivity index (χ1v) is 11.0. The topological polar surface area (TPSA) is 148 Å². The summed E-state index contributed by atoms with van der Waals surface area (Å²) >= 11 is 1.46. The number of benzene rings is 1. The number of sulfonamides is 1. The van der Waals surface area contributed by atoms with Crippen LogP contribution in [-0.4, -0.2) is 42.9 Å². The van der Waals surface area contributed by atoms with Crippen molar-refractivity contribution in [1.82, 2.24) is 4.31 Å². The number of hydrazone groups is 1. The molecule has 2 heterocycles. The van der Waals surface area contributed by atoms with Gasteiger partial charge in [-0.15, -0.1) is 11.3 Å². The van der Waals surface area contributed by atoms with Crippen LogP contribution in [0.15, 0.2) is 45.7 Å². The minimum absolute atomic E-state index is 0.108. The van der Waals surface area contributed by atoms with Gasteiger partial charge in [0.15, 0.2) is 0 Å². The van der Waals surface area contributed by atoms with Crippen LogP contribution >= 0.6 is 11.3 Å². The molecule has 1 fully saturated rings. The van der Waals surface area contributed by atoms with Crippen molar-refractivity contribution in [2.45, 2.75) is 17.7 Å². The Labute approximate surface area is 171 Å². The highest BCUT2D eigenvalue weighted by molar-refractivity contribution is 7.89. The van der Waals surface area contributed by atoms with E-state index in [1.54, 1.807) is 0 Å². The van der Waals surface area contributed by atoms with Crippen molar-refractivity contribution in [2.24, 2.45) is 16.8 Å². The number of nitrogens with zero attached hydrogens (tertiary/aromatic N) is 3. The average Bonchev–Trinajstić information content (AvgIpc) is 3.21. The highest BCUT2D eigenvalue weighted by atomic mass is 32.2. The number of non-ortho nitro benzene ring substituents is 1. The fourth-order valence-corrected chi connectivity index (χ4v) is 5.20. The maximum Gasteiger partial charge on any atom is 0.270 e. The van der Waals surface area contributed by atoms with Crippen LogP contribution < -0.4 is 11.2 Å². The summed E-state index contributed by atoms with van der Waals surface area (Å²) in [7, 11) is -4.04. The molecule has 0 unspecified atom stereocenters. The molecule has 2 aromatic rings. The number of nitro benzene ring substituents is 1. The Balaban J connectivity index is 1.89. The number of anilines is 1. The minimum atomic E-state index is -4.04. The molecule has 1 amide bonds. The molecular weight excluding hydrogens is 418 g/mol. The standard InChI is InChI=1S/C17H19N5O5S2/c18-17(23)12-5-7-21(8-6-12)29(26,27)16-10-13(22(24)25)3-4-15(16)20-19-11-14-2-1-9-28-14/h1-4,9-12,20H,5-8H2,(H2,18,23)/b19-11-. The van der Waals surface area contributed by atoms with Gasteiger partial charge in [-0.3, -0.25) is 20.3 Å². The van der Waals surface area contributed by atoms with Crippen LogP contribution in [0.4, 0.5) is 11.4 Å². The number of primary amides is 1. The number of carbonyl (C=O) groups is 1. The molecule has 29 heavy (non-hydrogen) atoms. The second-order valence-corrected chi connectivity index (χ2v) is 9.29. The van der Waals surface area contributed by atoms with E-state index in [0.717, 1.165) is 10.9 Å². The summed E-state index contributed by atoms with van der Waals surface area (Å²) in [5, 5.41) is 17.1. The van der Waals surface area contributed by atoms with Crippen molar-refractivity contribution >= 4 is 44.9 Å². The zero-order valence-electron chi connectivity index (χ0n) is 15.2. The summed E-state index contributed by atoms with van der Waals surface area (Å²) < 4.78 is 27.5. The van der Waals surface area contributed by atoms with Gasteiger partial charge in [0.1, 0.15) is 4.90 Å². The Morgan fingerprint density at radius 1 is 1.34 bits per heavy atom. The van der Waals surface area contributed by atoms with Gasteiger partial charge < -0.3 is 5.73 Å². The molecule has 1 saturated heterocycles. The lowest BCUT2D eigenvalue weighted by atomic mass is 9.98. The Morgan fingerprint density at radius 2 is 2.07 bits per heavy atom. The number of carbonyl (C=O) groups excluding carboxylic acids is 1. The van der Waals surface area contributed by atoms with E-state index in [1.807, 2.05) is 17.5 Å². The molecule has 1 aromatic heterocycles. The van der Waals surface area contributed by atoms with E-state index in [9.17, 15) is 23.3 Å². The number of thiophene rings is 1. The second-order valence-electron chi connectivity index (χ2n) is 6.40. The van der Waals surface area contributed by atoms with Crippen LogP contribution in [0.1, 0.15) is 17.7 Å². The van der Waals surface area contributed by atoms with Gasteiger partial charge in [0, 0.05) is 36.0 Å². The van der Waals surface area contributed by atoms with Crippen molar-refractivity contribution in [3.63, 3.8) is 0 Å². The Morgan fingerprint density at radius 3 is 2.66 bits per heavy atom. The first-order chi connectivity index (χ1) is 13.8.